The van der Waals surface area contributed by atoms with Crippen molar-refractivity contribution in [2.75, 3.05) is 18.6 Å². The molecule has 0 radical (unpaired) electrons. The van der Waals surface area contributed by atoms with E-state index in [-0.39, 0.29) is 22.9 Å². The molecular weight excluding hydrogens is 507 g/mol. The summed E-state index contributed by atoms with van der Waals surface area (Å²) in [5.74, 6) is -0.283. The maximum absolute atomic E-state index is 13.4. The summed E-state index contributed by atoms with van der Waals surface area (Å²) in [5, 5.41) is 3.46. The van der Waals surface area contributed by atoms with Crippen LogP contribution in [0.2, 0.25) is 5.02 Å². The number of hydrogen-bond acceptors (Lipinski definition) is 6. The number of sulfone groups is 1. The zero-order valence-corrected chi connectivity index (χ0v) is 20.2. The minimum absolute atomic E-state index is 0.0374. The Morgan fingerprint density at radius 1 is 1.14 bits per heavy atom. The smallest absolute Gasteiger partial charge is 0.416 e. The van der Waals surface area contributed by atoms with Crippen LogP contribution in [0, 0.1) is 6.92 Å². The Morgan fingerprint density at radius 3 is 2.40 bits per heavy atom. The Kier molecular flexibility index (Phi) is 6.58. The predicted molar refractivity (Wildman–Crippen MR) is 123 cm³/mol. The van der Waals surface area contributed by atoms with Gasteiger partial charge in [0.15, 0.2) is 9.84 Å². The minimum atomic E-state index is -4.49. The van der Waals surface area contributed by atoms with Gasteiger partial charge in [0.25, 0.3) is 0 Å². The first-order chi connectivity index (χ1) is 16.4. The number of alkyl halides is 3. The Bertz CT molecular complexity index is 1360. The Morgan fingerprint density at radius 2 is 1.80 bits per heavy atom. The van der Waals surface area contributed by atoms with E-state index in [0.29, 0.717) is 17.2 Å². The van der Waals surface area contributed by atoms with Crippen molar-refractivity contribution >= 4 is 33.2 Å². The van der Waals surface area contributed by atoms with Gasteiger partial charge in [-0.3, -0.25) is 0 Å². The number of aryl methyl sites for hydroxylation is 1. The molecule has 0 bridgehead atoms. The second-order valence-electron chi connectivity index (χ2n) is 8.12. The maximum atomic E-state index is 13.4. The van der Waals surface area contributed by atoms with Crippen LogP contribution >= 0.6 is 11.6 Å². The van der Waals surface area contributed by atoms with E-state index in [1.807, 2.05) is 0 Å². The number of halogens is 4. The van der Waals surface area contributed by atoms with E-state index in [2.05, 4.69) is 5.10 Å². The highest BCUT2D eigenvalue weighted by atomic mass is 35.5. The van der Waals surface area contributed by atoms with E-state index in [4.69, 9.17) is 16.3 Å². The van der Waals surface area contributed by atoms with Gasteiger partial charge in [-0.25, -0.2) is 17.9 Å². The van der Waals surface area contributed by atoms with Crippen molar-refractivity contribution in [1.82, 2.24) is 9.78 Å². The van der Waals surface area contributed by atoms with Crippen molar-refractivity contribution in [1.29, 1.82) is 0 Å². The fourth-order valence-corrected chi connectivity index (χ4v) is 6.38. The lowest BCUT2D eigenvalue weighted by atomic mass is 10.2. The van der Waals surface area contributed by atoms with Gasteiger partial charge in [-0.1, -0.05) is 23.7 Å². The highest BCUT2D eigenvalue weighted by molar-refractivity contribution is 7.92. The van der Waals surface area contributed by atoms with Crippen molar-refractivity contribution in [2.45, 2.75) is 35.7 Å². The molecule has 1 aliphatic heterocycles. The van der Waals surface area contributed by atoms with Gasteiger partial charge in [-0.2, -0.15) is 18.3 Å². The van der Waals surface area contributed by atoms with E-state index in [1.54, 1.807) is 30.0 Å². The van der Waals surface area contributed by atoms with E-state index in [1.165, 1.54) is 36.1 Å². The number of methoxy groups -OCH3 is 1. The second kappa shape index (κ2) is 9.19. The monoisotopic (exact) mass is 527 g/mol. The molecule has 2 atom stereocenters. The number of rotatable bonds is 5. The van der Waals surface area contributed by atoms with Gasteiger partial charge in [-0.05, 0) is 49.7 Å². The van der Waals surface area contributed by atoms with E-state index < -0.39 is 38.8 Å². The molecule has 1 aliphatic rings. The molecule has 3 aromatic rings. The minimum Gasteiger partial charge on any atom is -0.467 e. The van der Waals surface area contributed by atoms with Crippen LogP contribution in [-0.2, 0) is 25.5 Å². The summed E-state index contributed by atoms with van der Waals surface area (Å²) >= 11 is 6.14. The average molecular weight is 528 g/mol. The molecule has 0 unspecified atom stereocenters. The number of carbonyl (C=O) groups is 1. The van der Waals surface area contributed by atoms with Gasteiger partial charge >= 0.3 is 12.1 Å². The molecule has 0 aliphatic carbocycles. The van der Waals surface area contributed by atoms with Crippen molar-refractivity contribution in [2.24, 2.45) is 0 Å². The number of hydrogen-bond donors (Lipinski definition) is 0. The first kappa shape index (κ1) is 25.1. The summed E-state index contributed by atoms with van der Waals surface area (Å²) in [6.07, 6.45) is -4.55. The molecule has 0 saturated carbocycles. The summed E-state index contributed by atoms with van der Waals surface area (Å²) in [6.45, 7) is 1.62. The van der Waals surface area contributed by atoms with Crippen LogP contribution in [0.25, 0.3) is 5.69 Å². The van der Waals surface area contributed by atoms with E-state index in [0.717, 1.165) is 12.1 Å². The molecule has 0 N–H and O–H groups in total. The van der Waals surface area contributed by atoms with E-state index >= 15 is 0 Å². The van der Waals surface area contributed by atoms with Gasteiger partial charge in [0, 0.05) is 12.6 Å². The molecular formula is C23H21ClF3N3O4S. The zero-order valence-electron chi connectivity index (χ0n) is 18.7. The molecule has 186 valence electrons. The third kappa shape index (κ3) is 4.74. The largest absolute Gasteiger partial charge is 0.467 e. The normalized spacial score (nSPS) is 18.6. The molecule has 12 heteroatoms. The van der Waals surface area contributed by atoms with E-state index in [9.17, 15) is 26.4 Å². The number of nitrogens with zero attached hydrogens (tertiary/aromatic N) is 3. The van der Waals surface area contributed by atoms with Crippen LogP contribution in [0.3, 0.4) is 0 Å². The number of esters is 1. The lowest BCUT2D eigenvalue weighted by Gasteiger charge is -2.25. The van der Waals surface area contributed by atoms with Crippen molar-refractivity contribution < 1.29 is 31.1 Å². The van der Waals surface area contributed by atoms with Crippen molar-refractivity contribution in [3.63, 3.8) is 0 Å². The second-order valence-corrected chi connectivity index (χ2v) is 10.7. The standard InChI is InChI=1S/C23H21ClF3N3O4S/c1-14-11-21(30(28-14)16-9-7-15(8-10-16)23(25,26)27)29-13-17(12-19(29)22(31)34-2)35(32,33)20-6-4-3-5-18(20)24/h3-11,17,19H,12-13H2,1-2H3/t17-,19+/m1/s1. The lowest BCUT2D eigenvalue weighted by molar-refractivity contribution is -0.142. The van der Waals surface area contributed by atoms with Gasteiger partial charge in [0.1, 0.15) is 11.9 Å². The highest BCUT2D eigenvalue weighted by Gasteiger charge is 2.45. The lowest BCUT2D eigenvalue weighted by Crippen LogP contribution is -2.38. The van der Waals surface area contributed by atoms with Crippen LogP contribution in [0.1, 0.15) is 17.7 Å². The molecule has 4 rings (SSSR count). The summed E-state index contributed by atoms with van der Waals surface area (Å²) in [5.41, 5.74) is 0.0363. The average Bonchev–Trinajstić information content (AvgIpc) is 3.42. The highest BCUT2D eigenvalue weighted by Crippen LogP contribution is 2.36. The number of carbonyl (C=O) groups excluding carboxylic acids is 1. The topological polar surface area (TPSA) is 81.5 Å². The fourth-order valence-electron chi connectivity index (χ4n) is 4.16. The summed E-state index contributed by atoms with van der Waals surface area (Å²) in [6, 6.07) is 11.1. The third-order valence-corrected chi connectivity index (χ3v) is 8.49. The SMILES string of the molecule is COC(=O)[C@@H]1C[C@@H](S(=O)(=O)c2ccccc2Cl)CN1c1cc(C)nn1-c1ccc(C(F)(F)F)cc1. The summed E-state index contributed by atoms with van der Waals surface area (Å²) in [7, 11) is -2.71. The third-order valence-electron chi connectivity index (χ3n) is 5.86. The molecule has 0 spiro atoms. The number of anilines is 1. The van der Waals surface area contributed by atoms with Crippen LogP contribution in [0.4, 0.5) is 19.0 Å². The molecule has 2 aromatic carbocycles. The molecule has 1 fully saturated rings. The molecule has 1 aromatic heterocycles. The molecule has 1 saturated heterocycles. The zero-order chi connectivity index (χ0) is 25.5. The molecule has 2 heterocycles. The quantitative estimate of drug-likeness (QED) is 0.456. The molecule has 0 amide bonds. The fraction of sp³-hybridized carbons (Fsp3) is 0.304. The van der Waals surface area contributed by atoms with Crippen LogP contribution in [-0.4, -0.2) is 49.1 Å². The van der Waals surface area contributed by atoms with Crippen LogP contribution in [0.5, 0.6) is 0 Å². The summed E-state index contributed by atoms with van der Waals surface area (Å²) in [4.78, 5) is 14.2. The van der Waals surface area contributed by atoms with Gasteiger partial charge < -0.3 is 9.64 Å². The molecule has 35 heavy (non-hydrogen) atoms. The number of aromatic nitrogens is 2. The maximum Gasteiger partial charge on any atom is 0.416 e. The Balaban J connectivity index is 1.75. The first-order valence-electron chi connectivity index (χ1n) is 10.5. The van der Waals surface area contributed by atoms with Gasteiger partial charge in [0.2, 0.25) is 0 Å². The van der Waals surface area contributed by atoms with Crippen LogP contribution in [0.15, 0.2) is 59.5 Å². The van der Waals surface area contributed by atoms with Gasteiger partial charge in [-0.15, -0.1) is 0 Å². The van der Waals surface area contributed by atoms with Crippen molar-refractivity contribution in [3.8, 4) is 5.69 Å². The van der Waals surface area contributed by atoms with Crippen molar-refractivity contribution in [3.05, 3.63) is 70.9 Å². The number of ether oxygens (including phenoxy) is 1. The molecule has 7 nitrogen and oxygen atoms in total. The Labute approximate surface area is 205 Å². The van der Waals surface area contributed by atoms with Crippen LogP contribution < -0.4 is 4.90 Å². The summed E-state index contributed by atoms with van der Waals surface area (Å²) < 4.78 is 72.1. The predicted octanol–water partition coefficient (Wildman–Crippen LogP) is 4.45. The van der Waals surface area contributed by atoms with Gasteiger partial charge in [0.05, 0.1) is 39.2 Å². The number of benzene rings is 2. The first-order valence-corrected chi connectivity index (χ1v) is 12.4. The Hall–Kier alpha value is -3.05.